The molecule has 2 aromatic rings. The number of rotatable bonds is 8. The molecule has 1 aliphatic carbocycles. The zero-order valence-electron chi connectivity index (χ0n) is 19.2. The Bertz CT molecular complexity index is 1120. The van der Waals surface area contributed by atoms with Crippen molar-refractivity contribution in [2.45, 2.75) is 55.6 Å². The number of hydrogen-bond acceptors (Lipinski definition) is 6. The molecule has 0 aromatic heterocycles. The van der Waals surface area contributed by atoms with Crippen molar-refractivity contribution in [3.63, 3.8) is 0 Å². The Labute approximate surface area is 200 Å². The van der Waals surface area contributed by atoms with E-state index in [1.165, 1.54) is 29.6 Å². The number of carbonyl (C=O) groups excluding carboxylic acids is 2. The Balaban J connectivity index is 1.62. The van der Waals surface area contributed by atoms with Crippen LogP contribution in [-0.4, -0.2) is 50.8 Å². The minimum Gasteiger partial charge on any atom is -0.496 e. The number of ether oxygens (including phenoxy) is 2. The van der Waals surface area contributed by atoms with Crippen molar-refractivity contribution in [3.8, 4) is 5.75 Å². The highest BCUT2D eigenvalue weighted by molar-refractivity contribution is 7.89. The van der Waals surface area contributed by atoms with E-state index in [1.54, 1.807) is 30.3 Å². The molecule has 1 N–H and O–H groups in total. The summed E-state index contributed by atoms with van der Waals surface area (Å²) in [7, 11) is -2.39. The van der Waals surface area contributed by atoms with E-state index >= 15 is 0 Å². The monoisotopic (exact) mass is 486 g/mol. The highest BCUT2D eigenvalue weighted by atomic mass is 32.2. The van der Waals surface area contributed by atoms with Gasteiger partial charge < -0.3 is 14.8 Å². The minimum absolute atomic E-state index is 0.000781. The lowest BCUT2D eigenvalue weighted by atomic mass is 10.1. The van der Waals surface area contributed by atoms with Gasteiger partial charge in [-0.2, -0.15) is 4.31 Å². The number of nitrogens with one attached hydrogen (secondary N) is 1. The standard InChI is InChI=1S/C25H30N2O6S/c1-32-22-14-13-20(34(30,31)27-15-7-2-3-8-16-27)17-21(22)25(29)33-23(18-9-5-4-6-10-18)24(28)26-19-11-12-19/h4-6,9-10,13-14,17,19,23H,2-3,7-8,11-12,15-16H2,1H3,(H,26,28). The Hall–Kier alpha value is -2.91. The molecule has 1 atom stereocenters. The van der Waals surface area contributed by atoms with Gasteiger partial charge in [-0.15, -0.1) is 0 Å². The smallest absolute Gasteiger partial charge is 0.343 e. The number of amides is 1. The number of sulfonamides is 1. The van der Waals surface area contributed by atoms with Gasteiger partial charge in [0.25, 0.3) is 5.91 Å². The normalized spacial score (nSPS) is 17.9. The quantitative estimate of drug-likeness (QED) is 0.574. The summed E-state index contributed by atoms with van der Waals surface area (Å²) in [6.45, 7) is 0.900. The van der Waals surface area contributed by atoms with Gasteiger partial charge in [0.2, 0.25) is 16.1 Å². The van der Waals surface area contributed by atoms with Gasteiger partial charge in [0.1, 0.15) is 11.3 Å². The lowest BCUT2D eigenvalue weighted by Crippen LogP contribution is -2.34. The van der Waals surface area contributed by atoms with Crippen LogP contribution in [0.15, 0.2) is 53.4 Å². The molecule has 0 radical (unpaired) electrons. The molecule has 2 aromatic carbocycles. The third kappa shape index (κ3) is 5.59. The first kappa shape index (κ1) is 24.2. The fourth-order valence-corrected chi connectivity index (χ4v) is 5.56. The van der Waals surface area contributed by atoms with Crippen LogP contribution in [-0.2, 0) is 19.6 Å². The van der Waals surface area contributed by atoms with Gasteiger partial charge in [0.15, 0.2) is 0 Å². The molecule has 2 fully saturated rings. The molecule has 1 saturated carbocycles. The maximum atomic E-state index is 13.3. The van der Waals surface area contributed by atoms with Crippen molar-refractivity contribution in [1.29, 1.82) is 0 Å². The van der Waals surface area contributed by atoms with Crippen LogP contribution in [0.3, 0.4) is 0 Å². The summed E-state index contributed by atoms with van der Waals surface area (Å²) in [5.41, 5.74) is 0.486. The molecule has 1 aliphatic heterocycles. The average Bonchev–Trinajstić information content (AvgIpc) is 3.69. The van der Waals surface area contributed by atoms with Gasteiger partial charge in [-0.1, -0.05) is 43.2 Å². The summed E-state index contributed by atoms with van der Waals surface area (Å²) in [4.78, 5) is 26.1. The summed E-state index contributed by atoms with van der Waals surface area (Å²) < 4.78 is 39.0. The third-order valence-corrected chi connectivity index (χ3v) is 7.98. The van der Waals surface area contributed by atoms with Gasteiger partial charge in [-0.05, 0) is 43.9 Å². The van der Waals surface area contributed by atoms with Crippen LogP contribution in [0.2, 0.25) is 0 Å². The van der Waals surface area contributed by atoms with Crippen molar-refractivity contribution in [1.82, 2.24) is 9.62 Å². The fraction of sp³-hybridized carbons (Fsp3) is 0.440. The summed E-state index contributed by atoms with van der Waals surface area (Å²) in [5.74, 6) is -1.06. The predicted molar refractivity (Wildman–Crippen MR) is 126 cm³/mol. The molecule has 0 bridgehead atoms. The molecule has 1 unspecified atom stereocenters. The molecule has 2 aliphatic rings. The van der Waals surface area contributed by atoms with Crippen LogP contribution in [0.1, 0.15) is 60.6 Å². The molecule has 0 spiro atoms. The Morgan fingerprint density at radius 1 is 1.00 bits per heavy atom. The molecule has 1 saturated heterocycles. The van der Waals surface area contributed by atoms with Crippen molar-refractivity contribution in [3.05, 3.63) is 59.7 Å². The number of methoxy groups -OCH3 is 1. The number of carbonyl (C=O) groups is 2. The number of esters is 1. The molecule has 4 rings (SSSR count). The molecule has 34 heavy (non-hydrogen) atoms. The van der Waals surface area contributed by atoms with Crippen molar-refractivity contribution >= 4 is 21.9 Å². The largest absolute Gasteiger partial charge is 0.496 e. The number of nitrogens with zero attached hydrogens (tertiary/aromatic N) is 1. The van der Waals surface area contributed by atoms with Crippen LogP contribution in [0.4, 0.5) is 0 Å². The Kier molecular flexibility index (Phi) is 7.53. The Morgan fingerprint density at radius 3 is 2.29 bits per heavy atom. The average molecular weight is 487 g/mol. The van der Waals surface area contributed by atoms with Crippen molar-refractivity contribution in [2.24, 2.45) is 0 Å². The minimum atomic E-state index is -3.78. The Morgan fingerprint density at radius 2 is 1.68 bits per heavy atom. The summed E-state index contributed by atoms with van der Waals surface area (Å²) in [6.07, 6.45) is 4.23. The highest BCUT2D eigenvalue weighted by Gasteiger charge is 2.33. The topological polar surface area (TPSA) is 102 Å². The molecule has 8 nitrogen and oxygen atoms in total. The van der Waals surface area contributed by atoms with Gasteiger partial charge in [-0.25, -0.2) is 13.2 Å². The summed E-state index contributed by atoms with van der Waals surface area (Å²) in [5, 5.41) is 2.87. The van der Waals surface area contributed by atoms with E-state index in [-0.39, 0.29) is 22.3 Å². The van der Waals surface area contributed by atoms with Gasteiger partial charge in [0.05, 0.1) is 12.0 Å². The summed E-state index contributed by atoms with van der Waals surface area (Å²) >= 11 is 0. The summed E-state index contributed by atoms with van der Waals surface area (Å²) in [6, 6.07) is 13.0. The lowest BCUT2D eigenvalue weighted by molar-refractivity contribution is -0.130. The second kappa shape index (κ2) is 10.6. The molecule has 9 heteroatoms. The van der Waals surface area contributed by atoms with Crippen molar-refractivity contribution in [2.75, 3.05) is 20.2 Å². The van der Waals surface area contributed by atoms with E-state index in [0.29, 0.717) is 18.7 Å². The zero-order chi connectivity index (χ0) is 24.1. The first-order chi connectivity index (χ1) is 16.4. The number of hydrogen-bond donors (Lipinski definition) is 1. The molecule has 182 valence electrons. The van der Waals surface area contributed by atoms with E-state index in [9.17, 15) is 18.0 Å². The van der Waals surface area contributed by atoms with Crippen LogP contribution in [0.25, 0.3) is 0 Å². The fourth-order valence-electron chi connectivity index (χ4n) is 4.01. The van der Waals surface area contributed by atoms with Crippen LogP contribution in [0.5, 0.6) is 5.75 Å². The van der Waals surface area contributed by atoms with Crippen LogP contribution >= 0.6 is 0 Å². The first-order valence-electron chi connectivity index (χ1n) is 11.6. The molecular formula is C25H30N2O6S. The maximum Gasteiger partial charge on any atom is 0.343 e. The van der Waals surface area contributed by atoms with Gasteiger partial charge in [-0.3, -0.25) is 4.79 Å². The van der Waals surface area contributed by atoms with E-state index in [1.807, 2.05) is 0 Å². The van der Waals surface area contributed by atoms with E-state index < -0.39 is 28.0 Å². The maximum absolute atomic E-state index is 13.3. The molecular weight excluding hydrogens is 456 g/mol. The van der Waals surface area contributed by atoms with Crippen LogP contribution in [0, 0.1) is 0 Å². The molecule has 1 amide bonds. The second-order valence-corrected chi connectivity index (χ2v) is 10.6. The number of benzene rings is 2. The third-order valence-electron chi connectivity index (χ3n) is 6.08. The first-order valence-corrected chi connectivity index (χ1v) is 13.1. The van der Waals surface area contributed by atoms with Crippen LogP contribution < -0.4 is 10.1 Å². The van der Waals surface area contributed by atoms with Crippen molar-refractivity contribution < 1.29 is 27.5 Å². The lowest BCUT2D eigenvalue weighted by Gasteiger charge is -2.21. The van der Waals surface area contributed by atoms with E-state index in [4.69, 9.17) is 9.47 Å². The van der Waals surface area contributed by atoms with E-state index in [2.05, 4.69) is 5.32 Å². The van der Waals surface area contributed by atoms with E-state index in [0.717, 1.165) is 38.5 Å². The van der Waals surface area contributed by atoms with Gasteiger partial charge in [0, 0.05) is 24.7 Å². The zero-order valence-corrected chi connectivity index (χ0v) is 20.1. The second-order valence-electron chi connectivity index (χ2n) is 8.66. The van der Waals surface area contributed by atoms with Gasteiger partial charge >= 0.3 is 5.97 Å². The SMILES string of the molecule is COc1ccc(S(=O)(=O)N2CCCCCC2)cc1C(=O)OC(C(=O)NC1CC1)c1ccccc1. The predicted octanol–water partition coefficient (Wildman–Crippen LogP) is 3.44. The molecule has 1 heterocycles. The highest BCUT2D eigenvalue weighted by Crippen LogP contribution is 2.29.